The third-order valence-corrected chi connectivity index (χ3v) is 4.51. The topological polar surface area (TPSA) is 57.5 Å². The van der Waals surface area contributed by atoms with Crippen LogP contribution in [0.1, 0.15) is 116 Å². The van der Waals surface area contributed by atoms with E-state index in [9.17, 15) is 4.79 Å². The summed E-state index contributed by atoms with van der Waals surface area (Å²) in [6.45, 7) is 1.87. The summed E-state index contributed by atoms with van der Waals surface area (Å²) in [5.74, 6) is -0.662. The van der Waals surface area contributed by atoms with Gasteiger partial charge >= 0.3 is 5.97 Å². The second kappa shape index (κ2) is 17.8. The van der Waals surface area contributed by atoms with E-state index in [4.69, 9.17) is 10.2 Å². The highest BCUT2D eigenvalue weighted by atomic mass is 16.4. The highest BCUT2D eigenvalue weighted by Crippen LogP contribution is 2.14. The first-order valence-corrected chi connectivity index (χ1v) is 10.0. The number of rotatable bonds is 18. The van der Waals surface area contributed by atoms with Crippen LogP contribution in [-0.4, -0.2) is 22.3 Å². The Kier molecular flexibility index (Phi) is 17.3. The van der Waals surface area contributed by atoms with Crippen LogP contribution in [-0.2, 0) is 4.79 Å². The summed E-state index contributed by atoms with van der Waals surface area (Å²) in [5, 5.41) is 17.7. The zero-order valence-corrected chi connectivity index (χ0v) is 15.4. The van der Waals surface area contributed by atoms with Crippen molar-refractivity contribution in [1.82, 2.24) is 0 Å². The molecule has 0 radical (unpaired) electrons. The Morgan fingerprint density at radius 1 is 0.652 bits per heavy atom. The lowest BCUT2D eigenvalue weighted by atomic mass is 10.0. The first kappa shape index (κ1) is 22.4. The summed E-state index contributed by atoms with van der Waals surface area (Å²) in [4.78, 5) is 10.4. The van der Waals surface area contributed by atoms with E-state index in [2.05, 4.69) is 0 Å². The van der Waals surface area contributed by atoms with Gasteiger partial charge in [-0.05, 0) is 19.8 Å². The molecule has 0 heterocycles. The van der Waals surface area contributed by atoms with Crippen LogP contribution in [0.3, 0.4) is 0 Å². The maximum atomic E-state index is 10.4. The van der Waals surface area contributed by atoms with E-state index >= 15 is 0 Å². The first-order valence-electron chi connectivity index (χ1n) is 10.0. The fourth-order valence-corrected chi connectivity index (χ4v) is 3.01. The molecule has 0 bridgehead atoms. The Morgan fingerprint density at radius 2 is 0.957 bits per heavy atom. The molecule has 0 saturated heterocycles. The monoisotopic (exact) mass is 328 g/mol. The average Bonchev–Trinajstić information content (AvgIpc) is 2.49. The second-order valence-electron chi connectivity index (χ2n) is 7.08. The molecule has 23 heavy (non-hydrogen) atoms. The molecule has 1 atom stereocenters. The van der Waals surface area contributed by atoms with Crippen LogP contribution >= 0.6 is 0 Å². The van der Waals surface area contributed by atoms with Crippen molar-refractivity contribution < 1.29 is 15.0 Å². The summed E-state index contributed by atoms with van der Waals surface area (Å²) < 4.78 is 0. The lowest BCUT2D eigenvalue weighted by Crippen LogP contribution is -1.98. The summed E-state index contributed by atoms with van der Waals surface area (Å²) >= 11 is 0. The fraction of sp³-hybridized carbons (Fsp3) is 0.950. The molecule has 0 spiro atoms. The van der Waals surface area contributed by atoms with Crippen LogP contribution < -0.4 is 0 Å². The molecule has 3 nitrogen and oxygen atoms in total. The van der Waals surface area contributed by atoms with Crippen LogP contribution in [0.5, 0.6) is 0 Å². The quantitative estimate of drug-likeness (QED) is 0.300. The highest BCUT2D eigenvalue weighted by Gasteiger charge is 1.98. The average molecular weight is 329 g/mol. The maximum absolute atomic E-state index is 10.4. The summed E-state index contributed by atoms with van der Waals surface area (Å²) in [6, 6.07) is 0. The van der Waals surface area contributed by atoms with Gasteiger partial charge in [-0.2, -0.15) is 0 Å². The van der Waals surface area contributed by atoms with Gasteiger partial charge in [0.2, 0.25) is 0 Å². The van der Waals surface area contributed by atoms with Crippen LogP contribution in [0.2, 0.25) is 0 Å². The maximum Gasteiger partial charge on any atom is 0.303 e. The van der Waals surface area contributed by atoms with E-state index in [1.165, 1.54) is 83.5 Å². The van der Waals surface area contributed by atoms with Crippen LogP contribution in [0, 0.1) is 0 Å². The highest BCUT2D eigenvalue weighted by molar-refractivity contribution is 5.66. The molecule has 138 valence electrons. The molecule has 0 rings (SSSR count). The van der Waals surface area contributed by atoms with Crippen molar-refractivity contribution in [2.45, 2.75) is 122 Å². The molecule has 2 N–H and O–H groups in total. The van der Waals surface area contributed by atoms with Crippen LogP contribution in [0.25, 0.3) is 0 Å². The van der Waals surface area contributed by atoms with Crippen LogP contribution in [0.15, 0.2) is 0 Å². The Balaban J connectivity index is 2.99. The Hall–Kier alpha value is -0.570. The summed E-state index contributed by atoms with van der Waals surface area (Å²) in [5.41, 5.74) is 0. The molecule has 0 aliphatic heterocycles. The van der Waals surface area contributed by atoms with E-state index in [1.54, 1.807) is 0 Å². The van der Waals surface area contributed by atoms with Gasteiger partial charge in [0.15, 0.2) is 0 Å². The molecular weight excluding hydrogens is 288 g/mol. The number of aliphatic carboxylic acids is 1. The van der Waals surface area contributed by atoms with Crippen molar-refractivity contribution in [1.29, 1.82) is 0 Å². The first-order chi connectivity index (χ1) is 11.1. The number of carboxylic acids is 1. The number of unbranched alkanes of at least 4 members (excludes halogenated alkanes) is 14. The van der Waals surface area contributed by atoms with Crippen molar-refractivity contribution in [3.63, 3.8) is 0 Å². The molecular formula is C20H40O3. The lowest BCUT2D eigenvalue weighted by Gasteiger charge is -2.04. The van der Waals surface area contributed by atoms with E-state index in [-0.39, 0.29) is 6.10 Å². The number of carbonyl (C=O) groups is 1. The predicted octanol–water partition coefficient (Wildman–Crippen LogP) is 6.08. The van der Waals surface area contributed by atoms with E-state index < -0.39 is 5.97 Å². The third kappa shape index (κ3) is 21.4. The van der Waals surface area contributed by atoms with Crippen molar-refractivity contribution in [2.24, 2.45) is 0 Å². The zero-order chi connectivity index (χ0) is 17.2. The number of aliphatic hydroxyl groups is 1. The van der Waals surface area contributed by atoms with Gasteiger partial charge in [-0.25, -0.2) is 0 Å². The predicted molar refractivity (Wildman–Crippen MR) is 97.8 cm³/mol. The number of hydrogen-bond acceptors (Lipinski definition) is 2. The van der Waals surface area contributed by atoms with E-state index in [0.717, 1.165) is 19.3 Å². The van der Waals surface area contributed by atoms with Crippen molar-refractivity contribution >= 4 is 5.97 Å². The number of hydrogen-bond donors (Lipinski definition) is 2. The Labute approximate surface area is 143 Å². The van der Waals surface area contributed by atoms with Gasteiger partial charge in [0.05, 0.1) is 6.10 Å². The van der Waals surface area contributed by atoms with Crippen molar-refractivity contribution in [2.75, 3.05) is 0 Å². The van der Waals surface area contributed by atoms with Gasteiger partial charge in [-0.15, -0.1) is 0 Å². The smallest absolute Gasteiger partial charge is 0.303 e. The van der Waals surface area contributed by atoms with Gasteiger partial charge in [-0.3, -0.25) is 4.79 Å². The van der Waals surface area contributed by atoms with E-state index in [1.807, 2.05) is 6.92 Å². The molecule has 0 amide bonds. The Bertz CT molecular complexity index is 251. The zero-order valence-electron chi connectivity index (χ0n) is 15.4. The minimum Gasteiger partial charge on any atom is -0.481 e. The molecule has 1 unspecified atom stereocenters. The molecule has 0 fully saturated rings. The lowest BCUT2D eigenvalue weighted by molar-refractivity contribution is -0.137. The number of aliphatic hydroxyl groups excluding tert-OH is 1. The minimum absolute atomic E-state index is 0.125. The fourth-order valence-electron chi connectivity index (χ4n) is 3.01. The minimum atomic E-state index is -0.662. The van der Waals surface area contributed by atoms with Gasteiger partial charge in [0.1, 0.15) is 0 Å². The largest absolute Gasteiger partial charge is 0.481 e. The molecule has 0 aliphatic carbocycles. The molecule has 0 aliphatic rings. The van der Waals surface area contributed by atoms with Gasteiger partial charge in [-0.1, -0.05) is 89.9 Å². The normalized spacial score (nSPS) is 12.4. The summed E-state index contributed by atoms with van der Waals surface area (Å²) in [7, 11) is 0. The SMILES string of the molecule is CC(O)CCCCCCCCCCCCCCCCCC(=O)O. The third-order valence-electron chi connectivity index (χ3n) is 4.51. The second-order valence-corrected chi connectivity index (χ2v) is 7.08. The molecule has 0 saturated carbocycles. The van der Waals surface area contributed by atoms with Crippen molar-refractivity contribution in [3.8, 4) is 0 Å². The van der Waals surface area contributed by atoms with Gasteiger partial charge in [0.25, 0.3) is 0 Å². The number of carboxylic acid groups (broad SMARTS) is 1. The standard InChI is InChI=1S/C20H40O3/c1-19(21)17-15-13-11-9-7-5-3-2-4-6-8-10-12-14-16-18-20(22)23/h19,21H,2-18H2,1H3,(H,22,23). The molecule has 3 heteroatoms. The Morgan fingerprint density at radius 3 is 1.26 bits per heavy atom. The van der Waals surface area contributed by atoms with Gasteiger partial charge in [0, 0.05) is 6.42 Å². The van der Waals surface area contributed by atoms with Crippen molar-refractivity contribution in [3.05, 3.63) is 0 Å². The van der Waals surface area contributed by atoms with Crippen LogP contribution in [0.4, 0.5) is 0 Å². The molecule has 0 aromatic heterocycles. The molecule has 0 aromatic carbocycles. The molecule has 0 aromatic rings. The van der Waals surface area contributed by atoms with E-state index in [0.29, 0.717) is 6.42 Å². The van der Waals surface area contributed by atoms with Gasteiger partial charge < -0.3 is 10.2 Å². The summed E-state index contributed by atoms with van der Waals surface area (Å²) in [6.07, 6.45) is 20.2.